The highest BCUT2D eigenvalue weighted by Crippen LogP contribution is 2.20. The van der Waals surface area contributed by atoms with Crippen LogP contribution in [0.15, 0.2) is 47.0 Å². The molecule has 0 aliphatic rings. The van der Waals surface area contributed by atoms with E-state index in [-0.39, 0.29) is 24.0 Å². The molecule has 146 valence electrons. The molecule has 0 saturated heterocycles. The van der Waals surface area contributed by atoms with E-state index < -0.39 is 0 Å². The minimum atomic E-state index is -0.365. The molecule has 1 amide bonds. The summed E-state index contributed by atoms with van der Waals surface area (Å²) >= 11 is 7.08. The Labute approximate surface area is 171 Å². The van der Waals surface area contributed by atoms with Gasteiger partial charge in [0.25, 0.3) is 0 Å². The summed E-state index contributed by atoms with van der Waals surface area (Å²) in [6.07, 6.45) is 0. The van der Waals surface area contributed by atoms with Crippen LogP contribution in [0.1, 0.15) is 17.0 Å². The van der Waals surface area contributed by atoms with Crippen LogP contribution in [0.3, 0.4) is 0 Å². The Balaban J connectivity index is 1.51. The molecule has 3 rings (SSSR count). The molecule has 0 radical (unpaired) electrons. The van der Waals surface area contributed by atoms with Gasteiger partial charge in [-0.05, 0) is 30.7 Å². The molecule has 0 aliphatic carbocycles. The second kappa shape index (κ2) is 9.21. The normalized spacial score (nSPS) is 10.9. The number of aromatic nitrogens is 2. The smallest absolute Gasteiger partial charge is 0.246 e. The number of carbonyl (C=O) groups is 1. The molecule has 3 aromatic rings. The molecule has 0 aliphatic heterocycles. The molecule has 0 atom stereocenters. The third-order valence-corrected chi connectivity index (χ3v) is 5.24. The number of benzene rings is 2. The zero-order valence-corrected chi connectivity index (χ0v) is 17.1. The molecule has 1 aromatic heterocycles. The zero-order chi connectivity index (χ0) is 20.1. The van der Waals surface area contributed by atoms with Gasteiger partial charge in [0.15, 0.2) is 0 Å². The maximum Gasteiger partial charge on any atom is 0.246 e. The van der Waals surface area contributed by atoms with Crippen LogP contribution >= 0.6 is 23.4 Å². The minimum Gasteiger partial charge on any atom is -0.337 e. The lowest BCUT2D eigenvalue weighted by Gasteiger charge is -2.14. The molecule has 0 unspecified atom stereocenters. The number of aryl methyl sites for hydroxylation is 1. The first kappa shape index (κ1) is 20.4. The first-order chi connectivity index (χ1) is 13.4. The number of nitrogens with zero attached hydrogens (tertiary/aromatic N) is 3. The Morgan fingerprint density at radius 3 is 2.86 bits per heavy atom. The number of halogens is 2. The minimum absolute atomic E-state index is 0.102. The first-order valence-corrected chi connectivity index (χ1v) is 10.1. The second-order valence-corrected chi connectivity index (χ2v) is 7.78. The van der Waals surface area contributed by atoms with Gasteiger partial charge in [0.2, 0.25) is 17.6 Å². The fourth-order valence-electron chi connectivity index (χ4n) is 2.51. The lowest BCUT2D eigenvalue weighted by atomic mass is 10.1. The number of rotatable bonds is 7. The van der Waals surface area contributed by atoms with Gasteiger partial charge in [-0.2, -0.15) is 4.98 Å². The van der Waals surface area contributed by atoms with E-state index in [1.165, 1.54) is 22.7 Å². The van der Waals surface area contributed by atoms with E-state index in [0.717, 1.165) is 11.1 Å². The van der Waals surface area contributed by atoms with Crippen molar-refractivity contribution in [3.63, 3.8) is 0 Å². The van der Waals surface area contributed by atoms with Gasteiger partial charge in [0, 0.05) is 23.4 Å². The van der Waals surface area contributed by atoms with Crippen LogP contribution in [-0.4, -0.2) is 33.7 Å². The molecule has 1 heterocycles. The predicted molar refractivity (Wildman–Crippen MR) is 109 cm³/mol. The number of hydrogen-bond donors (Lipinski definition) is 0. The van der Waals surface area contributed by atoms with E-state index in [2.05, 4.69) is 10.1 Å². The molecule has 0 bridgehead atoms. The lowest BCUT2D eigenvalue weighted by molar-refractivity contribution is -0.127. The van der Waals surface area contributed by atoms with Gasteiger partial charge in [0.1, 0.15) is 5.82 Å². The van der Waals surface area contributed by atoms with Crippen molar-refractivity contribution < 1.29 is 13.7 Å². The number of amides is 1. The zero-order valence-electron chi connectivity index (χ0n) is 15.5. The van der Waals surface area contributed by atoms with Crippen molar-refractivity contribution in [2.75, 3.05) is 12.8 Å². The van der Waals surface area contributed by atoms with Crippen LogP contribution in [-0.2, 0) is 17.1 Å². The van der Waals surface area contributed by atoms with Crippen molar-refractivity contribution in [3.8, 4) is 11.4 Å². The van der Waals surface area contributed by atoms with Crippen molar-refractivity contribution in [1.29, 1.82) is 0 Å². The molecule has 0 spiro atoms. The van der Waals surface area contributed by atoms with Crippen molar-refractivity contribution >= 4 is 29.3 Å². The summed E-state index contributed by atoms with van der Waals surface area (Å²) in [5.41, 5.74) is 2.49. The summed E-state index contributed by atoms with van der Waals surface area (Å²) in [5, 5.41) is 4.33. The lowest BCUT2D eigenvalue weighted by Crippen LogP contribution is -2.28. The monoisotopic (exact) mass is 419 g/mol. The van der Waals surface area contributed by atoms with Gasteiger partial charge in [0.05, 0.1) is 12.3 Å². The average Bonchev–Trinajstić information content (AvgIpc) is 3.12. The molecule has 5 nitrogen and oxygen atoms in total. The number of hydrogen-bond acceptors (Lipinski definition) is 5. The standard InChI is InChI=1S/C20H19ClFN3O2S/c1-13-4-3-5-14(8-13)20-23-18(27-24-20)10-25(2)19(26)12-28-11-15-6-7-16(21)9-17(15)22/h3-9H,10-12H2,1-2H3. The third-order valence-electron chi connectivity index (χ3n) is 4.04. The topological polar surface area (TPSA) is 59.2 Å². The Hall–Kier alpha value is -2.38. The van der Waals surface area contributed by atoms with E-state index >= 15 is 0 Å². The summed E-state index contributed by atoms with van der Waals surface area (Å²) in [4.78, 5) is 18.2. The van der Waals surface area contributed by atoms with E-state index in [1.807, 2.05) is 31.2 Å². The maximum absolute atomic E-state index is 13.8. The van der Waals surface area contributed by atoms with Crippen LogP contribution in [0.4, 0.5) is 4.39 Å². The molecule has 8 heteroatoms. The van der Waals surface area contributed by atoms with E-state index in [1.54, 1.807) is 19.2 Å². The van der Waals surface area contributed by atoms with Gasteiger partial charge in [-0.15, -0.1) is 11.8 Å². The summed E-state index contributed by atoms with van der Waals surface area (Å²) in [6, 6.07) is 12.3. The van der Waals surface area contributed by atoms with E-state index in [0.29, 0.717) is 28.1 Å². The SMILES string of the molecule is Cc1cccc(-c2noc(CN(C)C(=O)CSCc3ccc(Cl)cc3F)n2)c1. The van der Waals surface area contributed by atoms with Crippen LogP contribution < -0.4 is 0 Å². The number of thioether (sulfide) groups is 1. The van der Waals surface area contributed by atoms with Crippen LogP contribution in [0.25, 0.3) is 11.4 Å². The third kappa shape index (κ3) is 5.33. The average molecular weight is 420 g/mol. The summed E-state index contributed by atoms with van der Waals surface area (Å²) in [6.45, 7) is 2.21. The largest absolute Gasteiger partial charge is 0.337 e. The fourth-order valence-corrected chi connectivity index (χ4v) is 3.62. The summed E-state index contributed by atoms with van der Waals surface area (Å²) < 4.78 is 19.0. The summed E-state index contributed by atoms with van der Waals surface area (Å²) in [7, 11) is 1.67. The Morgan fingerprint density at radius 1 is 1.29 bits per heavy atom. The molecule has 0 saturated carbocycles. The van der Waals surface area contributed by atoms with Gasteiger partial charge in [-0.25, -0.2) is 4.39 Å². The van der Waals surface area contributed by atoms with Gasteiger partial charge < -0.3 is 9.42 Å². The van der Waals surface area contributed by atoms with Gasteiger partial charge in [-0.3, -0.25) is 4.79 Å². The van der Waals surface area contributed by atoms with Gasteiger partial charge >= 0.3 is 0 Å². The van der Waals surface area contributed by atoms with Crippen LogP contribution in [0.2, 0.25) is 5.02 Å². The molecule has 0 fully saturated rings. The van der Waals surface area contributed by atoms with E-state index in [9.17, 15) is 9.18 Å². The van der Waals surface area contributed by atoms with Crippen molar-refractivity contribution in [1.82, 2.24) is 15.0 Å². The maximum atomic E-state index is 13.8. The highest BCUT2D eigenvalue weighted by Gasteiger charge is 2.15. The Bertz CT molecular complexity index is 980. The fraction of sp³-hybridized carbons (Fsp3) is 0.250. The molecule has 2 aromatic carbocycles. The molecule has 28 heavy (non-hydrogen) atoms. The van der Waals surface area contributed by atoms with Crippen molar-refractivity contribution in [2.45, 2.75) is 19.2 Å². The molecular weight excluding hydrogens is 401 g/mol. The van der Waals surface area contributed by atoms with Crippen LogP contribution in [0, 0.1) is 12.7 Å². The summed E-state index contributed by atoms with van der Waals surface area (Å²) in [5.74, 6) is 0.996. The van der Waals surface area contributed by atoms with Gasteiger partial charge in [-0.1, -0.05) is 46.6 Å². The quantitative estimate of drug-likeness (QED) is 0.554. The second-order valence-electron chi connectivity index (χ2n) is 6.36. The molecule has 0 N–H and O–H groups in total. The highest BCUT2D eigenvalue weighted by atomic mass is 35.5. The first-order valence-electron chi connectivity index (χ1n) is 8.57. The Morgan fingerprint density at radius 2 is 2.11 bits per heavy atom. The van der Waals surface area contributed by atoms with Crippen molar-refractivity contribution in [2.24, 2.45) is 0 Å². The number of carbonyl (C=O) groups excluding carboxylic acids is 1. The van der Waals surface area contributed by atoms with Crippen LogP contribution in [0.5, 0.6) is 0 Å². The van der Waals surface area contributed by atoms with E-state index in [4.69, 9.17) is 16.1 Å². The Kier molecular flexibility index (Phi) is 6.70. The highest BCUT2D eigenvalue weighted by molar-refractivity contribution is 7.99. The van der Waals surface area contributed by atoms with Crippen molar-refractivity contribution in [3.05, 3.63) is 70.3 Å². The molecular formula is C20H19ClFN3O2S. The predicted octanol–water partition coefficient (Wildman–Crippen LogP) is 4.73.